The van der Waals surface area contributed by atoms with Crippen LogP contribution in [0.15, 0.2) is 11.6 Å². The van der Waals surface area contributed by atoms with E-state index in [2.05, 4.69) is 10.3 Å². The number of carboxylic acid groups (broad SMARTS) is 1. The highest BCUT2D eigenvalue weighted by molar-refractivity contribution is 7.13. The highest BCUT2D eigenvalue weighted by Gasteiger charge is 2.58. The highest BCUT2D eigenvalue weighted by Crippen LogP contribution is 2.56. The molecule has 0 bridgehead atoms. The van der Waals surface area contributed by atoms with Gasteiger partial charge in [0.05, 0.1) is 5.41 Å². The van der Waals surface area contributed by atoms with Crippen LogP contribution in [0.5, 0.6) is 0 Å². The summed E-state index contributed by atoms with van der Waals surface area (Å²) < 4.78 is 0. The minimum absolute atomic E-state index is 0.134. The summed E-state index contributed by atoms with van der Waals surface area (Å²) in [6.45, 7) is 5.45. The second-order valence-corrected chi connectivity index (χ2v) is 6.67. The third kappa shape index (κ3) is 2.14. The van der Waals surface area contributed by atoms with Crippen molar-refractivity contribution in [2.45, 2.75) is 33.6 Å². The molecule has 5 nitrogen and oxygen atoms in total. The number of aromatic nitrogens is 1. The molecular formula is C13H18N2O3S. The number of carbonyl (C=O) groups excluding carboxylic acids is 1. The van der Waals surface area contributed by atoms with Crippen LogP contribution in [0.2, 0.25) is 0 Å². The number of rotatable bonds is 3. The van der Waals surface area contributed by atoms with Gasteiger partial charge in [-0.05, 0) is 25.2 Å². The quantitative estimate of drug-likeness (QED) is 0.893. The number of hydrogen-bond donors (Lipinski definition) is 2. The molecule has 1 aliphatic rings. The maximum Gasteiger partial charge on any atom is 0.309 e. The molecule has 1 aromatic heterocycles. The van der Waals surface area contributed by atoms with Gasteiger partial charge >= 0.3 is 5.97 Å². The zero-order chi connectivity index (χ0) is 14.3. The first-order valence-electron chi connectivity index (χ1n) is 6.23. The van der Waals surface area contributed by atoms with E-state index >= 15 is 0 Å². The van der Waals surface area contributed by atoms with Crippen molar-refractivity contribution in [3.05, 3.63) is 11.6 Å². The average Bonchev–Trinajstić information content (AvgIpc) is 2.87. The van der Waals surface area contributed by atoms with Crippen molar-refractivity contribution in [1.29, 1.82) is 0 Å². The third-order valence-corrected chi connectivity index (χ3v) is 5.37. The average molecular weight is 282 g/mol. The normalized spacial score (nSPS) is 29.1. The molecule has 0 aliphatic heterocycles. The minimum Gasteiger partial charge on any atom is -0.481 e. The Balaban J connectivity index is 2.18. The number of aliphatic carboxylic acids is 1. The molecule has 0 unspecified atom stereocenters. The fourth-order valence-corrected chi connectivity index (χ4v) is 3.35. The Morgan fingerprint density at radius 3 is 2.63 bits per heavy atom. The molecule has 2 N–H and O–H groups in total. The smallest absolute Gasteiger partial charge is 0.309 e. The van der Waals surface area contributed by atoms with Crippen molar-refractivity contribution in [3.8, 4) is 0 Å². The zero-order valence-electron chi connectivity index (χ0n) is 11.3. The van der Waals surface area contributed by atoms with Crippen molar-refractivity contribution in [2.75, 3.05) is 5.32 Å². The van der Waals surface area contributed by atoms with E-state index in [0.717, 1.165) is 0 Å². The lowest BCUT2D eigenvalue weighted by Gasteiger charge is -2.37. The van der Waals surface area contributed by atoms with E-state index in [1.807, 2.05) is 13.8 Å². The Bertz CT molecular complexity index is 498. The fourth-order valence-electron chi connectivity index (χ4n) is 2.82. The van der Waals surface area contributed by atoms with Gasteiger partial charge in [-0.25, -0.2) is 4.98 Å². The predicted molar refractivity (Wildman–Crippen MR) is 73.0 cm³/mol. The summed E-state index contributed by atoms with van der Waals surface area (Å²) in [5.74, 6) is -1.27. The number of nitrogens with one attached hydrogen (secondary N) is 1. The second kappa shape index (κ2) is 4.59. The molecule has 1 aliphatic carbocycles. The van der Waals surface area contributed by atoms with E-state index in [1.54, 1.807) is 18.5 Å². The number of carboxylic acids is 1. The Labute approximate surface area is 116 Å². The van der Waals surface area contributed by atoms with E-state index in [1.165, 1.54) is 11.3 Å². The van der Waals surface area contributed by atoms with Crippen molar-refractivity contribution in [1.82, 2.24) is 4.98 Å². The molecule has 0 aromatic carbocycles. The molecule has 104 valence electrons. The summed E-state index contributed by atoms with van der Waals surface area (Å²) in [7, 11) is 0. The molecule has 1 saturated carbocycles. The largest absolute Gasteiger partial charge is 0.481 e. The number of nitrogens with zero attached hydrogens (tertiary/aromatic N) is 1. The third-order valence-electron chi connectivity index (χ3n) is 4.68. The van der Waals surface area contributed by atoms with E-state index in [4.69, 9.17) is 0 Å². The van der Waals surface area contributed by atoms with Crippen molar-refractivity contribution in [2.24, 2.45) is 16.7 Å². The monoisotopic (exact) mass is 282 g/mol. The molecule has 0 spiro atoms. The van der Waals surface area contributed by atoms with Crippen LogP contribution in [0, 0.1) is 16.7 Å². The molecule has 1 aromatic rings. The molecule has 0 saturated heterocycles. The van der Waals surface area contributed by atoms with Crippen molar-refractivity contribution >= 4 is 28.3 Å². The number of hydrogen-bond acceptors (Lipinski definition) is 4. The van der Waals surface area contributed by atoms with Crippen molar-refractivity contribution in [3.63, 3.8) is 0 Å². The van der Waals surface area contributed by atoms with Gasteiger partial charge in [0.25, 0.3) is 0 Å². The second-order valence-electron chi connectivity index (χ2n) is 5.78. The van der Waals surface area contributed by atoms with Gasteiger partial charge < -0.3 is 10.4 Å². The molecule has 6 heteroatoms. The Morgan fingerprint density at radius 1 is 1.47 bits per heavy atom. The van der Waals surface area contributed by atoms with Gasteiger partial charge in [-0.1, -0.05) is 13.8 Å². The Kier molecular flexibility index (Phi) is 3.38. The van der Waals surface area contributed by atoms with Crippen LogP contribution >= 0.6 is 11.3 Å². The van der Waals surface area contributed by atoms with Crippen molar-refractivity contribution < 1.29 is 14.7 Å². The minimum atomic E-state index is -0.863. The molecule has 1 heterocycles. The zero-order valence-corrected chi connectivity index (χ0v) is 12.1. The van der Waals surface area contributed by atoms with Gasteiger partial charge in [-0.3, -0.25) is 9.59 Å². The summed E-state index contributed by atoms with van der Waals surface area (Å²) in [5, 5.41) is 14.5. The van der Waals surface area contributed by atoms with Crippen LogP contribution in [0.1, 0.15) is 33.6 Å². The molecule has 2 atom stereocenters. The van der Waals surface area contributed by atoms with E-state index in [9.17, 15) is 14.7 Å². The molecule has 2 rings (SSSR count). The van der Waals surface area contributed by atoms with Gasteiger partial charge in [0, 0.05) is 17.5 Å². The predicted octanol–water partition coefficient (Wildman–Crippen LogP) is 2.61. The van der Waals surface area contributed by atoms with Gasteiger partial charge in [0.1, 0.15) is 0 Å². The summed E-state index contributed by atoms with van der Waals surface area (Å²) in [6.07, 6.45) is 2.74. The highest BCUT2D eigenvalue weighted by atomic mass is 32.1. The maximum atomic E-state index is 12.3. The number of amides is 1. The molecule has 19 heavy (non-hydrogen) atoms. The lowest BCUT2D eigenvalue weighted by Crippen LogP contribution is -2.43. The summed E-state index contributed by atoms with van der Waals surface area (Å²) in [6, 6.07) is 0. The first-order chi connectivity index (χ1) is 8.79. The van der Waals surface area contributed by atoms with Crippen LogP contribution < -0.4 is 5.32 Å². The van der Waals surface area contributed by atoms with E-state index < -0.39 is 16.8 Å². The molecule has 0 radical (unpaired) electrons. The SMILES string of the molecule is CC1(C)[C@@H](C(=O)Nc2nccs2)CC[C@]1(C)C(=O)O. The molecular weight excluding hydrogens is 264 g/mol. The number of anilines is 1. The van der Waals surface area contributed by atoms with Crippen LogP contribution in [-0.4, -0.2) is 22.0 Å². The fraction of sp³-hybridized carbons (Fsp3) is 0.615. The van der Waals surface area contributed by atoms with Crippen LogP contribution in [0.25, 0.3) is 0 Å². The standard InChI is InChI=1S/C13H18N2O3S/c1-12(2)8(4-5-13(12,3)10(17)18)9(16)15-11-14-6-7-19-11/h6-8H,4-5H2,1-3H3,(H,17,18)(H,14,15,16)/t8-,13-/m1/s1. The lowest BCUT2D eigenvalue weighted by molar-refractivity contribution is -0.154. The Hall–Kier alpha value is -1.43. The van der Waals surface area contributed by atoms with E-state index in [-0.39, 0.29) is 11.8 Å². The first kappa shape index (κ1) is 14.0. The number of carbonyl (C=O) groups is 2. The summed E-state index contributed by atoms with van der Waals surface area (Å²) in [4.78, 5) is 27.8. The maximum absolute atomic E-state index is 12.3. The topological polar surface area (TPSA) is 79.3 Å². The van der Waals surface area contributed by atoms with Crippen LogP contribution in [0.3, 0.4) is 0 Å². The van der Waals surface area contributed by atoms with Gasteiger partial charge in [-0.15, -0.1) is 11.3 Å². The van der Waals surface area contributed by atoms with Crippen LogP contribution in [-0.2, 0) is 9.59 Å². The van der Waals surface area contributed by atoms with Gasteiger partial charge in [0.15, 0.2) is 5.13 Å². The molecule has 1 amide bonds. The summed E-state index contributed by atoms with van der Waals surface area (Å²) in [5.41, 5.74) is -1.45. The number of thiazole rings is 1. The Morgan fingerprint density at radius 2 is 2.16 bits per heavy atom. The first-order valence-corrected chi connectivity index (χ1v) is 7.11. The lowest BCUT2D eigenvalue weighted by atomic mass is 9.65. The summed E-state index contributed by atoms with van der Waals surface area (Å²) >= 11 is 1.36. The molecule has 1 fully saturated rings. The van der Waals surface area contributed by atoms with Gasteiger partial charge in [0.2, 0.25) is 5.91 Å². The van der Waals surface area contributed by atoms with E-state index in [0.29, 0.717) is 18.0 Å². The van der Waals surface area contributed by atoms with Crippen LogP contribution in [0.4, 0.5) is 5.13 Å². The van der Waals surface area contributed by atoms with Gasteiger partial charge in [-0.2, -0.15) is 0 Å².